The van der Waals surface area contributed by atoms with Crippen molar-refractivity contribution in [1.82, 2.24) is 0 Å². The van der Waals surface area contributed by atoms with Gasteiger partial charge in [-0.1, -0.05) is 12.1 Å². The number of aliphatic carboxylic acids is 1. The van der Waals surface area contributed by atoms with E-state index in [0.29, 0.717) is 18.4 Å². The molecule has 1 aromatic rings. The van der Waals surface area contributed by atoms with E-state index in [9.17, 15) is 18.0 Å². The molecular weight excluding hydrogens is 274 g/mol. The van der Waals surface area contributed by atoms with Crippen LogP contribution in [0.25, 0.3) is 0 Å². The first-order chi connectivity index (χ1) is 9.34. The number of carboxylic acids is 1. The summed E-state index contributed by atoms with van der Waals surface area (Å²) in [7, 11) is -0.126. The first kappa shape index (κ1) is 16.1. The number of benzene rings is 1. The standard InChI is InChI=1S/C12H13BF3NO3/c14-12(15,16)9-4-1-8(2-5-9)3-6-10(11(18)19)13-20-7-17/h1-2,4-5,7,10,13,17H,3,6H2,(H,18,19)/t10-/m1/s1. The molecule has 1 atom stereocenters. The maximum Gasteiger partial charge on any atom is 0.416 e. The second-order valence-electron chi connectivity index (χ2n) is 4.22. The van der Waals surface area contributed by atoms with Gasteiger partial charge in [0.1, 0.15) is 6.40 Å². The van der Waals surface area contributed by atoms with Crippen molar-refractivity contribution in [2.45, 2.75) is 24.8 Å². The Balaban J connectivity index is 2.60. The number of hydrogen-bond donors (Lipinski definition) is 2. The molecule has 1 aromatic carbocycles. The third-order valence-corrected chi connectivity index (χ3v) is 2.79. The molecule has 2 N–H and O–H groups in total. The van der Waals surface area contributed by atoms with Gasteiger partial charge in [-0.05, 0) is 30.5 Å². The number of carboxylic acid groups (broad SMARTS) is 1. The van der Waals surface area contributed by atoms with Crippen molar-refractivity contribution in [1.29, 1.82) is 5.41 Å². The Hall–Kier alpha value is -1.99. The predicted molar refractivity (Wildman–Crippen MR) is 68.2 cm³/mol. The molecule has 0 radical (unpaired) electrons. The fourth-order valence-corrected chi connectivity index (χ4v) is 1.64. The molecule has 0 saturated carbocycles. The minimum absolute atomic E-state index is 0.126. The van der Waals surface area contributed by atoms with Crippen molar-refractivity contribution in [2.75, 3.05) is 0 Å². The van der Waals surface area contributed by atoms with Crippen LogP contribution in [0.15, 0.2) is 24.3 Å². The summed E-state index contributed by atoms with van der Waals surface area (Å²) in [5, 5.41) is 15.6. The van der Waals surface area contributed by atoms with Gasteiger partial charge in [-0.2, -0.15) is 13.2 Å². The van der Waals surface area contributed by atoms with Crippen molar-refractivity contribution < 1.29 is 27.7 Å². The number of carbonyl (C=O) groups is 1. The van der Waals surface area contributed by atoms with Gasteiger partial charge in [-0.3, -0.25) is 10.2 Å². The molecule has 0 aliphatic carbocycles. The number of halogens is 3. The largest absolute Gasteiger partial charge is 0.556 e. The lowest BCUT2D eigenvalue weighted by atomic mass is 9.76. The van der Waals surface area contributed by atoms with Crippen molar-refractivity contribution >= 4 is 19.9 Å². The maximum atomic E-state index is 12.4. The van der Waals surface area contributed by atoms with Crippen LogP contribution in [-0.2, 0) is 22.0 Å². The molecule has 0 spiro atoms. The molecule has 8 heteroatoms. The summed E-state index contributed by atoms with van der Waals surface area (Å²) in [5.41, 5.74) is -0.109. The van der Waals surface area contributed by atoms with Gasteiger partial charge in [-0.25, -0.2) is 0 Å². The van der Waals surface area contributed by atoms with Crippen molar-refractivity contribution in [3.05, 3.63) is 35.4 Å². The van der Waals surface area contributed by atoms with Gasteiger partial charge < -0.3 is 9.76 Å². The Morgan fingerprint density at radius 2 is 2.00 bits per heavy atom. The highest BCUT2D eigenvalue weighted by Crippen LogP contribution is 2.29. The Labute approximate surface area is 114 Å². The van der Waals surface area contributed by atoms with Crippen LogP contribution >= 0.6 is 0 Å². The van der Waals surface area contributed by atoms with Crippen LogP contribution in [-0.4, -0.2) is 25.0 Å². The van der Waals surface area contributed by atoms with E-state index in [2.05, 4.69) is 4.65 Å². The smallest absolute Gasteiger partial charge is 0.416 e. The molecule has 0 aliphatic rings. The lowest BCUT2D eigenvalue weighted by Crippen LogP contribution is -2.17. The van der Waals surface area contributed by atoms with E-state index in [0.717, 1.165) is 12.1 Å². The highest BCUT2D eigenvalue weighted by Gasteiger charge is 2.30. The molecule has 0 bridgehead atoms. The topological polar surface area (TPSA) is 70.4 Å². The molecule has 108 valence electrons. The van der Waals surface area contributed by atoms with Crippen LogP contribution in [0.1, 0.15) is 17.5 Å². The normalized spacial score (nSPS) is 12.6. The lowest BCUT2D eigenvalue weighted by molar-refractivity contribution is -0.138. The van der Waals surface area contributed by atoms with Gasteiger partial charge in [-0.15, -0.1) is 0 Å². The first-order valence-corrected chi connectivity index (χ1v) is 5.84. The number of aryl methyl sites for hydroxylation is 1. The van der Waals surface area contributed by atoms with Gasteiger partial charge >= 0.3 is 19.6 Å². The molecule has 0 heterocycles. The average Bonchev–Trinajstić information content (AvgIpc) is 2.38. The molecule has 0 aromatic heterocycles. The Bertz CT molecular complexity index is 462. The van der Waals surface area contributed by atoms with E-state index < -0.39 is 23.5 Å². The Kier molecular flexibility index (Phi) is 5.60. The minimum atomic E-state index is -4.38. The Morgan fingerprint density at radius 3 is 2.45 bits per heavy atom. The molecule has 20 heavy (non-hydrogen) atoms. The summed E-state index contributed by atoms with van der Waals surface area (Å²) in [4.78, 5) is 10.9. The summed E-state index contributed by atoms with van der Waals surface area (Å²) in [6.45, 7) is 0. The molecule has 0 amide bonds. The second-order valence-corrected chi connectivity index (χ2v) is 4.22. The lowest BCUT2D eigenvalue weighted by Gasteiger charge is -2.11. The van der Waals surface area contributed by atoms with Crippen molar-refractivity contribution in [3.8, 4) is 0 Å². The third kappa shape index (κ3) is 4.95. The van der Waals surface area contributed by atoms with E-state index in [1.807, 2.05) is 0 Å². The van der Waals surface area contributed by atoms with E-state index >= 15 is 0 Å². The summed E-state index contributed by atoms with van der Waals surface area (Å²) in [5.74, 6) is -1.85. The van der Waals surface area contributed by atoms with Gasteiger partial charge in [0.25, 0.3) is 0 Å². The predicted octanol–water partition coefficient (Wildman–Crippen LogP) is 2.49. The minimum Gasteiger partial charge on any atom is -0.556 e. The molecule has 4 nitrogen and oxygen atoms in total. The van der Waals surface area contributed by atoms with E-state index in [1.165, 1.54) is 12.1 Å². The van der Waals surface area contributed by atoms with E-state index in [4.69, 9.17) is 10.5 Å². The zero-order valence-electron chi connectivity index (χ0n) is 10.5. The summed E-state index contributed by atoms with van der Waals surface area (Å²) < 4.78 is 41.7. The molecule has 0 fully saturated rings. The average molecular weight is 287 g/mol. The highest BCUT2D eigenvalue weighted by molar-refractivity contribution is 6.38. The van der Waals surface area contributed by atoms with Crippen LogP contribution in [0.3, 0.4) is 0 Å². The Morgan fingerprint density at radius 1 is 1.40 bits per heavy atom. The number of rotatable bonds is 7. The van der Waals surface area contributed by atoms with Crippen LogP contribution in [0, 0.1) is 5.41 Å². The van der Waals surface area contributed by atoms with Crippen molar-refractivity contribution in [2.24, 2.45) is 0 Å². The molecular formula is C12H13BF3NO3. The number of nitrogens with one attached hydrogen (secondary N) is 1. The third-order valence-electron chi connectivity index (χ3n) is 2.79. The maximum absolute atomic E-state index is 12.4. The molecule has 0 aliphatic heterocycles. The van der Waals surface area contributed by atoms with Crippen molar-refractivity contribution in [3.63, 3.8) is 0 Å². The molecule has 1 rings (SSSR count). The van der Waals surface area contributed by atoms with E-state index in [-0.39, 0.29) is 13.9 Å². The quantitative estimate of drug-likeness (QED) is 0.460. The van der Waals surface area contributed by atoms with Gasteiger partial charge in [0.15, 0.2) is 0 Å². The van der Waals surface area contributed by atoms with Gasteiger partial charge in [0.05, 0.1) is 11.4 Å². The summed E-state index contributed by atoms with van der Waals surface area (Å²) in [6, 6.07) is 4.61. The van der Waals surface area contributed by atoms with Crippen LogP contribution in [0.2, 0.25) is 5.82 Å². The van der Waals surface area contributed by atoms with Crippen LogP contribution < -0.4 is 0 Å². The number of hydrogen-bond acceptors (Lipinski definition) is 3. The zero-order chi connectivity index (χ0) is 15.2. The van der Waals surface area contributed by atoms with Gasteiger partial charge in [0, 0.05) is 0 Å². The zero-order valence-corrected chi connectivity index (χ0v) is 10.5. The molecule has 0 saturated heterocycles. The fraction of sp³-hybridized carbons (Fsp3) is 0.333. The number of alkyl halides is 3. The fourth-order valence-electron chi connectivity index (χ4n) is 1.64. The van der Waals surface area contributed by atoms with Crippen LogP contribution in [0.4, 0.5) is 13.2 Å². The first-order valence-electron chi connectivity index (χ1n) is 5.84. The van der Waals surface area contributed by atoms with Crippen LogP contribution in [0.5, 0.6) is 0 Å². The van der Waals surface area contributed by atoms with E-state index in [1.54, 1.807) is 0 Å². The monoisotopic (exact) mass is 287 g/mol. The summed E-state index contributed by atoms with van der Waals surface area (Å²) in [6.07, 6.45) is -3.15. The highest BCUT2D eigenvalue weighted by atomic mass is 19.4. The molecule has 0 unspecified atom stereocenters. The summed E-state index contributed by atoms with van der Waals surface area (Å²) >= 11 is 0. The second kappa shape index (κ2) is 6.97. The van der Waals surface area contributed by atoms with Gasteiger partial charge in [0.2, 0.25) is 0 Å². The SMILES string of the molecule is N=COB[C@H](CCc1ccc(C(F)(F)F)cc1)C(=O)O.